The molecule has 0 spiro atoms. The highest BCUT2D eigenvalue weighted by molar-refractivity contribution is 5.69. The van der Waals surface area contributed by atoms with Crippen LogP contribution in [-0.2, 0) is 5.41 Å². The lowest BCUT2D eigenvalue weighted by Crippen LogP contribution is -2.31. The smallest absolute Gasteiger partial charge is 0.200 e. The molecule has 0 aromatic heterocycles. The molecule has 0 fully saturated rings. The number of halogens is 12. The van der Waals surface area contributed by atoms with Gasteiger partial charge in [-0.3, -0.25) is 0 Å². The third-order valence-corrected chi connectivity index (χ3v) is 6.95. The van der Waals surface area contributed by atoms with Crippen molar-refractivity contribution in [3.63, 3.8) is 0 Å². The highest BCUT2D eigenvalue weighted by Gasteiger charge is 2.39. The van der Waals surface area contributed by atoms with Crippen molar-refractivity contribution in [1.29, 1.82) is 0 Å². The minimum atomic E-state index is -2.61. The minimum Gasteiger partial charge on any atom is -0.200 e. The van der Waals surface area contributed by atoms with Crippen LogP contribution in [0.25, 0.3) is 23.3 Å². The first-order valence-electron chi connectivity index (χ1n) is 12.6. The molecule has 4 aromatic carbocycles. The van der Waals surface area contributed by atoms with Crippen LogP contribution >= 0.6 is 0 Å². The molecular formula is C33H16F12. The molecule has 0 aliphatic heterocycles. The van der Waals surface area contributed by atoms with Gasteiger partial charge in [0, 0.05) is 22.3 Å². The Kier molecular flexibility index (Phi) is 9.75. The number of benzene rings is 4. The van der Waals surface area contributed by atoms with Gasteiger partial charge in [0.2, 0.25) is 0 Å². The van der Waals surface area contributed by atoms with E-state index in [-0.39, 0.29) is 22.3 Å². The van der Waals surface area contributed by atoms with Crippen molar-refractivity contribution < 1.29 is 52.7 Å². The van der Waals surface area contributed by atoms with Crippen LogP contribution in [0.2, 0.25) is 0 Å². The van der Waals surface area contributed by atoms with E-state index in [0.717, 1.165) is 48.5 Å². The van der Waals surface area contributed by atoms with Crippen molar-refractivity contribution in [1.82, 2.24) is 0 Å². The molecule has 0 saturated heterocycles. The van der Waals surface area contributed by atoms with E-state index in [1.807, 2.05) is 0 Å². The molecule has 12 heteroatoms. The van der Waals surface area contributed by atoms with Gasteiger partial charge in [-0.2, -0.15) is 35.1 Å². The maximum atomic E-state index is 14.0. The van der Waals surface area contributed by atoms with Crippen molar-refractivity contribution in [2.24, 2.45) is 0 Å². The monoisotopic (exact) mass is 640 g/mol. The molecule has 45 heavy (non-hydrogen) atoms. The van der Waals surface area contributed by atoms with Crippen LogP contribution in [0.15, 0.2) is 121 Å². The van der Waals surface area contributed by atoms with Crippen molar-refractivity contribution in [2.45, 2.75) is 5.41 Å². The lowest BCUT2D eigenvalue weighted by atomic mass is 9.64. The summed E-state index contributed by atoms with van der Waals surface area (Å²) in [6.45, 7) is 0. The van der Waals surface area contributed by atoms with Crippen LogP contribution in [-0.4, -0.2) is 0 Å². The molecule has 0 aliphatic rings. The lowest BCUT2D eigenvalue weighted by molar-refractivity contribution is 0.410. The quantitative estimate of drug-likeness (QED) is 0.133. The molecule has 0 atom stereocenters. The highest BCUT2D eigenvalue weighted by atomic mass is 19.3. The number of hydrogen-bond donors (Lipinski definition) is 0. The van der Waals surface area contributed by atoms with Crippen LogP contribution in [0.3, 0.4) is 0 Å². The summed E-state index contributed by atoms with van der Waals surface area (Å²) >= 11 is 0. The molecule has 0 nitrogen and oxygen atoms in total. The first kappa shape index (κ1) is 32.9. The summed E-state index contributed by atoms with van der Waals surface area (Å²) in [6, 6.07) is 17.3. The Morgan fingerprint density at radius 1 is 0.267 bits per heavy atom. The third kappa shape index (κ3) is 6.45. The molecular weight excluding hydrogens is 624 g/mol. The van der Waals surface area contributed by atoms with E-state index in [1.165, 1.54) is 48.5 Å². The van der Waals surface area contributed by atoms with E-state index in [0.29, 0.717) is 0 Å². The van der Waals surface area contributed by atoms with Gasteiger partial charge in [-0.25, -0.2) is 17.6 Å². The van der Waals surface area contributed by atoms with Gasteiger partial charge in [-0.15, -0.1) is 0 Å². The fourth-order valence-electron chi connectivity index (χ4n) is 4.90. The Morgan fingerprint density at radius 2 is 0.422 bits per heavy atom. The zero-order valence-electron chi connectivity index (χ0n) is 22.3. The van der Waals surface area contributed by atoms with Crippen LogP contribution in [0.4, 0.5) is 52.7 Å². The van der Waals surface area contributed by atoms with Crippen LogP contribution < -0.4 is 0 Å². The van der Waals surface area contributed by atoms with Gasteiger partial charge in [0.15, 0.2) is 23.3 Å². The summed E-state index contributed by atoms with van der Waals surface area (Å²) in [4.78, 5) is 0. The Hall–Kier alpha value is -5.00. The summed E-state index contributed by atoms with van der Waals surface area (Å²) < 4.78 is 160. The molecule has 0 bridgehead atoms. The van der Waals surface area contributed by atoms with Gasteiger partial charge in [0.05, 0.1) is 5.41 Å². The standard InChI is InChI=1S/C33H16F12/c34-25(29(38)39)17-1-9-21(10-2-17)33(22-11-3-18(4-12-22)26(35)30(40)41,23-13-5-19(6-14-23)27(36)31(42)43)24-15-7-20(8-16-24)28(37)32(44)45/h1-16H. The van der Waals surface area contributed by atoms with E-state index in [4.69, 9.17) is 0 Å². The SMILES string of the molecule is FC(F)=C(F)c1ccc(C(c2ccc(C(F)=C(F)F)cc2)(c2ccc(C(F)=C(F)F)cc2)c2ccc(C(F)=C(F)F)cc2)cc1. The Morgan fingerprint density at radius 3 is 0.556 bits per heavy atom. The molecule has 0 aliphatic carbocycles. The van der Waals surface area contributed by atoms with E-state index in [9.17, 15) is 52.7 Å². The zero-order chi connectivity index (χ0) is 33.1. The normalized spacial score (nSPS) is 11.1. The second-order valence-electron chi connectivity index (χ2n) is 9.36. The summed E-state index contributed by atoms with van der Waals surface area (Å²) in [5, 5.41) is 0. The maximum absolute atomic E-state index is 14.0. The van der Waals surface area contributed by atoms with Crippen molar-refractivity contribution in [2.75, 3.05) is 0 Å². The van der Waals surface area contributed by atoms with Crippen molar-refractivity contribution >= 4 is 23.3 Å². The molecule has 0 N–H and O–H groups in total. The zero-order valence-corrected chi connectivity index (χ0v) is 22.3. The van der Waals surface area contributed by atoms with Crippen molar-refractivity contribution in [3.05, 3.63) is 166 Å². The largest absolute Gasteiger partial charge is 0.306 e. The average Bonchev–Trinajstić information content (AvgIpc) is 3.04. The number of hydrogen-bond acceptors (Lipinski definition) is 0. The second-order valence-corrected chi connectivity index (χ2v) is 9.36. The fraction of sp³-hybridized carbons (Fsp3) is 0.0303. The van der Waals surface area contributed by atoms with Gasteiger partial charge < -0.3 is 0 Å². The Labute approximate surface area is 247 Å². The third-order valence-electron chi connectivity index (χ3n) is 6.95. The predicted molar refractivity (Wildman–Crippen MR) is 146 cm³/mol. The highest BCUT2D eigenvalue weighted by Crippen LogP contribution is 2.46. The van der Waals surface area contributed by atoms with E-state index >= 15 is 0 Å². The summed E-state index contributed by atoms with van der Waals surface area (Å²) in [5.74, 6) is -7.36. The number of rotatable bonds is 8. The molecule has 232 valence electrons. The predicted octanol–water partition coefficient (Wildman–Crippen LogP) is 12.2. The Balaban J connectivity index is 2.11. The summed E-state index contributed by atoms with van der Waals surface area (Å²) in [7, 11) is 0. The maximum Gasteiger partial charge on any atom is 0.306 e. The van der Waals surface area contributed by atoms with Crippen molar-refractivity contribution in [3.8, 4) is 0 Å². The summed E-state index contributed by atoms with van der Waals surface area (Å²) in [5.41, 5.74) is -3.43. The summed E-state index contributed by atoms with van der Waals surface area (Å²) in [6.07, 6.45) is -10.5. The van der Waals surface area contributed by atoms with E-state index in [1.54, 1.807) is 0 Å². The first-order chi connectivity index (χ1) is 21.3. The molecule has 0 amide bonds. The van der Waals surface area contributed by atoms with Crippen LogP contribution in [0.1, 0.15) is 44.5 Å². The van der Waals surface area contributed by atoms with Gasteiger partial charge in [0.25, 0.3) is 0 Å². The van der Waals surface area contributed by atoms with Crippen LogP contribution in [0, 0.1) is 0 Å². The van der Waals surface area contributed by atoms with Gasteiger partial charge in [0.1, 0.15) is 0 Å². The molecule has 4 aromatic rings. The topological polar surface area (TPSA) is 0 Å². The van der Waals surface area contributed by atoms with Gasteiger partial charge >= 0.3 is 24.3 Å². The molecule has 4 rings (SSSR count). The van der Waals surface area contributed by atoms with E-state index < -0.39 is 75.3 Å². The fourth-order valence-corrected chi connectivity index (χ4v) is 4.90. The molecule has 0 radical (unpaired) electrons. The van der Waals surface area contributed by atoms with Crippen LogP contribution in [0.5, 0.6) is 0 Å². The van der Waals surface area contributed by atoms with E-state index in [2.05, 4.69) is 0 Å². The first-order valence-corrected chi connectivity index (χ1v) is 12.6. The second kappa shape index (κ2) is 13.3. The average molecular weight is 640 g/mol. The minimum absolute atomic E-state index is 0.125. The Bertz CT molecular complexity index is 1520. The molecule has 0 heterocycles. The lowest BCUT2D eigenvalue weighted by Gasteiger charge is -2.37. The van der Waals surface area contributed by atoms with Gasteiger partial charge in [-0.1, -0.05) is 97.1 Å². The molecule has 0 saturated carbocycles. The molecule has 0 unspecified atom stereocenters. The van der Waals surface area contributed by atoms with Gasteiger partial charge in [-0.05, 0) is 22.3 Å².